The molecule has 2 aromatic heterocycles. The Kier molecular flexibility index (Phi) is 5.03. The van der Waals surface area contributed by atoms with Crippen molar-refractivity contribution in [3.05, 3.63) is 57.2 Å². The molecule has 0 N–H and O–H groups in total. The van der Waals surface area contributed by atoms with Gasteiger partial charge in [0, 0.05) is 49.0 Å². The first-order valence-corrected chi connectivity index (χ1v) is 11.6. The van der Waals surface area contributed by atoms with Gasteiger partial charge in [0.15, 0.2) is 0 Å². The van der Waals surface area contributed by atoms with Crippen LogP contribution in [0.4, 0.5) is 11.6 Å². The number of hydrogen-bond donors (Lipinski definition) is 0. The third-order valence-corrected chi connectivity index (χ3v) is 7.33. The Morgan fingerprint density at radius 3 is 2.58 bits per heavy atom. The summed E-state index contributed by atoms with van der Waals surface area (Å²) in [6.07, 6.45) is 4.80. The molecular formula is C26H30N4O3. The van der Waals surface area contributed by atoms with Gasteiger partial charge in [-0.25, -0.2) is 14.8 Å². The fourth-order valence-corrected chi connectivity index (χ4v) is 5.23. The Bertz CT molecular complexity index is 1320. The van der Waals surface area contributed by atoms with Crippen molar-refractivity contribution in [1.29, 1.82) is 0 Å². The molecule has 0 aliphatic carbocycles. The van der Waals surface area contributed by atoms with Crippen LogP contribution >= 0.6 is 0 Å². The molecule has 1 aromatic carbocycles. The zero-order chi connectivity index (χ0) is 23.5. The molecule has 0 saturated carbocycles. The number of hydrogen-bond acceptors (Lipinski definition) is 7. The van der Waals surface area contributed by atoms with Gasteiger partial charge in [-0.3, -0.25) is 4.79 Å². The van der Waals surface area contributed by atoms with Crippen molar-refractivity contribution in [3.63, 3.8) is 0 Å². The van der Waals surface area contributed by atoms with Crippen LogP contribution in [-0.2, 0) is 0 Å². The summed E-state index contributed by atoms with van der Waals surface area (Å²) in [6.45, 7) is 10.3. The normalized spacial score (nSPS) is 19.7. The van der Waals surface area contributed by atoms with Gasteiger partial charge in [-0.1, -0.05) is 6.92 Å². The zero-order valence-electron chi connectivity index (χ0n) is 19.9. The first kappa shape index (κ1) is 21.6. The molecule has 3 aromatic rings. The van der Waals surface area contributed by atoms with Gasteiger partial charge in [-0.05, 0) is 63.6 Å². The van der Waals surface area contributed by atoms with Gasteiger partial charge in [0.2, 0.25) is 11.7 Å². The summed E-state index contributed by atoms with van der Waals surface area (Å²) in [7, 11) is 2.07. The maximum Gasteiger partial charge on any atom is 0.347 e. The molecule has 5 rings (SSSR count). The molecule has 4 heterocycles. The van der Waals surface area contributed by atoms with E-state index in [-0.39, 0.29) is 11.1 Å². The van der Waals surface area contributed by atoms with Gasteiger partial charge >= 0.3 is 5.63 Å². The molecule has 7 nitrogen and oxygen atoms in total. The molecular weight excluding hydrogens is 416 g/mol. The van der Waals surface area contributed by atoms with Gasteiger partial charge in [0.25, 0.3) is 0 Å². The highest BCUT2D eigenvalue weighted by Gasteiger charge is 2.34. The summed E-state index contributed by atoms with van der Waals surface area (Å²) in [5.41, 5.74) is 3.04. The summed E-state index contributed by atoms with van der Waals surface area (Å²) in [6, 6.07) is 5.64. The zero-order valence-corrected chi connectivity index (χ0v) is 19.9. The maximum absolute atomic E-state index is 13.3. The van der Waals surface area contributed by atoms with E-state index in [2.05, 4.69) is 53.7 Å². The van der Waals surface area contributed by atoms with Crippen LogP contribution in [0.25, 0.3) is 11.0 Å². The lowest BCUT2D eigenvalue weighted by atomic mass is 9.80. The minimum absolute atomic E-state index is 0.00898. The Morgan fingerprint density at radius 2 is 1.88 bits per heavy atom. The van der Waals surface area contributed by atoms with Gasteiger partial charge in [0.1, 0.15) is 11.1 Å². The third-order valence-electron chi connectivity index (χ3n) is 7.33. The van der Waals surface area contributed by atoms with Gasteiger partial charge < -0.3 is 14.2 Å². The van der Waals surface area contributed by atoms with Crippen LogP contribution in [0.1, 0.15) is 73.1 Å². The molecule has 2 aliphatic heterocycles. The quantitative estimate of drug-likeness (QED) is 0.434. The number of nitrogens with zero attached hydrogens (tertiary/aromatic N) is 4. The minimum atomic E-state index is -0.638. The lowest BCUT2D eigenvalue weighted by molar-refractivity contribution is 0.103. The maximum atomic E-state index is 13.3. The van der Waals surface area contributed by atoms with Crippen LogP contribution in [-0.4, -0.2) is 41.4 Å². The van der Waals surface area contributed by atoms with Crippen LogP contribution in [0, 0.1) is 6.92 Å². The number of aromatic nitrogens is 2. The number of aryl methyl sites for hydroxylation is 1. The molecule has 33 heavy (non-hydrogen) atoms. The average molecular weight is 447 g/mol. The van der Waals surface area contributed by atoms with Crippen molar-refractivity contribution in [1.82, 2.24) is 9.97 Å². The van der Waals surface area contributed by atoms with Crippen molar-refractivity contribution < 1.29 is 9.21 Å². The smallest absolute Gasteiger partial charge is 0.347 e. The van der Waals surface area contributed by atoms with Gasteiger partial charge in [-0.2, -0.15) is 0 Å². The molecule has 0 amide bonds. The number of carbonyl (C=O) groups excluding carboxylic acids is 1. The SMILES string of the molecule is Cc1nc(N2CCCC2)ncc1C(=O)c1cc2cc3c(cc2oc1=O)N(C)C(C)(C)C[C@@H]3C. The Balaban J connectivity index is 1.55. The van der Waals surface area contributed by atoms with E-state index in [4.69, 9.17) is 4.42 Å². The molecule has 1 atom stereocenters. The fraction of sp³-hybridized carbons (Fsp3) is 0.462. The molecule has 0 bridgehead atoms. The molecule has 1 saturated heterocycles. The van der Waals surface area contributed by atoms with Crippen molar-refractivity contribution in [2.75, 3.05) is 29.9 Å². The molecule has 0 radical (unpaired) electrons. The second-order valence-electron chi connectivity index (χ2n) is 10.1. The number of benzene rings is 1. The van der Waals surface area contributed by atoms with E-state index in [1.54, 1.807) is 13.0 Å². The Labute approximate surface area is 193 Å². The Morgan fingerprint density at radius 1 is 1.15 bits per heavy atom. The lowest BCUT2D eigenvalue weighted by Crippen LogP contribution is -2.45. The highest BCUT2D eigenvalue weighted by molar-refractivity contribution is 6.10. The van der Waals surface area contributed by atoms with Crippen molar-refractivity contribution in [2.45, 2.75) is 58.4 Å². The molecule has 7 heteroatoms. The van der Waals surface area contributed by atoms with Crippen LogP contribution in [0.15, 0.2) is 33.6 Å². The highest BCUT2D eigenvalue weighted by Crippen LogP contribution is 2.43. The van der Waals surface area contributed by atoms with Gasteiger partial charge in [-0.15, -0.1) is 0 Å². The van der Waals surface area contributed by atoms with Crippen LogP contribution < -0.4 is 15.4 Å². The van der Waals surface area contributed by atoms with E-state index in [0.717, 1.165) is 43.4 Å². The second kappa shape index (κ2) is 7.68. The van der Waals surface area contributed by atoms with Crippen LogP contribution in [0.3, 0.4) is 0 Å². The van der Waals surface area contributed by atoms with Gasteiger partial charge in [0.05, 0.1) is 11.3 Å². The van der Waals surface area contributed by atoms with E-state index in [0.29, 0.717) is 28.7 Å². The second-order valence-corrected chi connectivity index (χ2v) is 10.1. The van der Waals surface area contributed by atoms with Crippen molar-refractivity contribution in [2.24, 2.45) is 0 Å². The molecule has 172 valence electrons. The number of anilines is 2. The number of carbonyl (C=O) groups is 1. The number of rotatable bonds is 3. The van der Waals surface area contributed by atoms with Crippen molar-refractivity contribution in [3.8, 4) is 0 Å². The summed E-state index contributed by atoms with van der Waals surface area (Å²) in [4.78, 5) is 39.4. The van der Waals surface area contributed by atoms with E-state index in [9.17, 15) is 9.59 Å². The van der Waals surface area contributed by atoms with Crippen LogP contribution in [0.5, 0.6) is 0 Å². The lowest BCUT2D eigenvalue weighted by Gasteiger charge is -2.45. The molecule has 2 aliphatic rings. The monoisotopic (exact) mass is 446 g/mol. The van der Waals surface area contributed by atoms with Crippen LogP contribution in [0.2, 0.25) is 0 Å². The fourth-order valence-electron chi connectivity index (χ4n) is 5.23. The number of fused-ring (bicyclic) bond motifs is 2. The highest BCUT2D eigenvalue weighted by atomic mass is 16.4. The number of ketones is 1. The molecule has 1 fully saturated rings. The van der Waals surface area contributed by atoms with E-state index < -0.39 is 11.4 Å². The summed E-state index contributed by atoms with van der Waals surface area (Å²) < 4.78 is 5.65. The topological polar surface area (TPSA) is 79.5 Å². The molecule has 0 unspecified atom stereocenters. The Hall–Kier alpha value is -3.22. The first-order valence-electron chi connectivity index (χ1n) is 11.6. The van der Waals surface area contributed by atoms with E-state index in [1.807, 2.05) is 6.07 Å². The average Bonchev–Trinajstić information content (AvgIpc) is 3.30. The van der Waals surface area contributed by atoms with E-state index in [1.165, 1.54) is 11.8 Å². The first-order chi connectivity index (χ1) is 15.7. The summed E-state index contributed by atoms with van der Waals surface area (Å²) >= 11 is 0. The largest absolute Gasteiger partial charge is 0.422 e. The standard InChI is InChI=1S/C26H30N4O3/c1-15-13-26(3,4)29(5)21-12-22-17(10-18(15)21)11-19(24(32)33-22)23(31)20-14-27-25(28-16(20)2)30-8-6-7-9-30/h10-12,14-15H,6-9,13H2,1-5H3/t15-/m0/s1. The third kappa shape index (κ3) is 3.59. The minimum Gasteiger partial charge on any atom is -0.422 e. The predicted molar refractivity (Wildman–Crippen MR) is 130 cm³/mol. The summed E-state index contributed by atoms with van der Waals surface area (Å²) in [5, 5.41) is 0.754. The van der Waals surface area contributed by atoms with Crippen molar-refractivity contribution >= 4 is 28.4 Å². The van der Waals surface area contributed by atoms with E-state index >= 15 is 0 Å². The molecule has 0 spiro atoms. The predicted octanol–water partition coefficient (Wildman–Crippen LogP) is 4.44. The summed E-state index contributed by atoms with van der Waals surface area (Å²) in [5.74, 6) is 0.593.